The first-order chi connectivity index (χ1) is 36.0. The van der Waals surface area contributed by atoms with Crippen LogP contribution in [0.4, 0.5) is 51.2 Å². The van der Waals surface area contributed by atoms with Gasteiger partial charge in [0.15, 0.2) is 0 Å². The molecule has 0 bridgehead atoms. The molecule has 4 aliphatic rings. The van der Waals surface area contributed by atoms with Crippen molar-refractivity contribution in [3.8, 4) is 0 Å². The molecule has 0 radical (unpaired) electrons. The van der Waals surface area contributed by atoms with E-state index >= 15 is 0 Å². The number of benzene rings is 7. The van der Waals surface area contributed by atoms with E-state index in [9.17, 15) is 0 Å². The lowest BCUT2D eigenvalue weighted by Gasteiger charge is -2.47. The molecule has 4 nitrogen and oxygen atoms in total. The van der Waals surface area contributed by atoms with Gasteiger partial charge in [-0.15, -0.1) is 0 Å². The average molecular weight is 1020 g/mol. The fourth-order valence-electron chi connectivity index (χ4n) is 13.6. The van der Waals surface area contributed by atoms with Crippen LogP contribution in [0.3, 0.4) is 0 Å². The number of fused-ring (bicyclic) bond motifs is 8. The first-order valence-corrected chi connectivity index (χ1v) is 28.8. The summed E-state index contributed by atoms with van der Waals surface area (Å²) in [5.41, 5.74) is 24.6. The van der Waals surface area contributed by atoms with Gasteiger partial charge in [0, 0.05) is 45.2 Å². The highest BCUT2D eigenvalue weighted by molar-refractivity contribution is 7.00. The van der Waals surface area contributed by atoms with E-state index < -0.39 is 0 Å². The van der Waals surface area contributed by atoms with Gasteiger partial charge in [-0.25, -0.2) is 0 Å². The molecule has 0 unspecified atom stereocenters. The highest BCUT2D eigenvalue weighted by Gasteiger charge is 2.50. The van der Waals surface area contributed by atoms with Gasteiger partial charge in [-0.1, -0.05) is 178 Å². The van der Waals surface area contributed by atoms with Gasteiger partial charge in [0.1, 0.15) is 5.58 Å². The molecule has 5 heteroatoms. The molecular formula is C72H82BN3O. The average Bonchev–Trinajstić information content (AvgIpc) is 3.82. The van der Waals surface area contributed by atoms with Crippen molar-refractivity contribution >= 4 is 85.5 Å². The smallest absolute Gasteiger partial charge is 0.297 e. The third-order valence-electron chi connectivity index (χ3n) is 18.8. The maximum Gasteiger partial charge on any atom is 0.297 e. The van der Waals surface area contributed by atoms with Crippen molar-refractivity contribution in [2.24, 2.45) is 0 Å². The summed E-state index contributed by atoms with van der Waals surface area (Å²) in [6.45, 7) is 40.4. The molecule has 394 valence electrons. The van der Waals surface area contributed by atoms with E-state index in [4.69, 9.17) is 4.42 Å². The van der Waals surface area contributed by atoms with Crippen LogP contribution in [0.15, 0.2) is 144 Å². The molecular weight excluding hydrogens is 934 g/mol. The van der Waals surface area contributed by atoms with Gasteiger partial charge >= 0.3 is 0 Å². The Bertz CT molecular complexity index is 3640. The van der Waals surface area contributed by atoms with Crippen LogP contribution in [0.1, 0.15) is 182 Å². The predicted molar refractivity (Wildman–Crippen MR) is 332 cm³/mol. The summed E-state index contributed by atoms with van der Waals surface area (Å²) in [4.78, 5) is 7.75. The molecule has 0 saturated heterocycles. The summed E-state index contributed by atoms with van der Waals surface area (Å²) >= 11 is 0. The van der Waals surface area contributed by atoms with Gasteiger partial charge in [-0.05, 0) is 192 Å². The van der Waals surface area contributed by atoms with Crippen molar-refractivity contribution in [1.82, 2.24) is 0 Å². The van der Waals surface area contributed by atoms with E-state index in [2.05, 4.69) is 272 Å². The molecule has 2 aliphatic carbocycles. The second-order valence-corrected chi connectivity index (χ2v) is 29.3. The molecule has 77 heavy (non-hydrogen) atoms. The zero-order chi connectivity index (χ0) is 54.7. The van der Waals surface area contributed by atoms with Gasteiger partial charge < -0.3 is 19.1 Å². The molecule has 0 spiro atoms. The number of rotatable bonds is 5. The second-order valence-electron chi connectivity index (χ2n) is 29.3. The largest absolute Gasteiger partial charge is 0.468 e. The molecule has 0 atom stereocenters. The summed E-state index contributed by atoms with van der Waals surface area (Å²) < 4.78 is 7.58. The zero-order valence-corrected chi connectivity index (χ0v) is 49.4. The van der Waals surface area contributed by atoms with Crippen LogP contribution in [0, 0.1) is 0 Å². The molecule has 2 aliphatic heterocycles. The van der Waals surface area contributed by atoms with Crippen LogP contribution in [0.5, 0.6) is 0 Å². The maximum absolute atomic E-state index is 7.58. The van der Waals surface area contributed by atoms with Crippen molar-refractivity contribution in [1.29, 1.82) is 0 Å². The number of anilines is 9. The Kier molecular flexibility index (Phi) is 11.3. The van der Waals surface area contributed by atoms with Crippen LogP contribution in [0.2, 0.25) is 0 Å². The minimum absolute atomic E-state index is 0.00829. The Labute approximate surface area is 462 Å². The van der Waals surface area contributed by atoms with Gasteiger partial charge in [0.05, 0.1) is 17.0 Å². The van der Waals surface area contributed by atoms with Gasteiger partial charge in [0.2, 0.25) is 0 Å². The maximum atomic E-state index is 7.58. The molecule has 1 aromatic heterocycles. The Hall–Kier alpha value is -6.46. The van der Waals surface area contributed by atoms with E-state index in [-0.39, 0.29) is 44.6 Å². The van der Waals surface area contributed by atoms with E-state index in [1.165, 1.54) is 79.0 Å². The van der Waals surface area contributed by atoms with E-state index in [1.807, 2.05) is 0 Å². The Morgan fingerprint density at radius 2 is 0.909 bits per heavy atom. The zero-order valence-electron chi connectivity index (χ0n) is 49.4. The predicted octanol–water partition coefficient (Wildman–Crippen LogP) is 18.6. The molecule has 8 aromatic rings. The SMILES string of the molecule is CC(C)(C)c1ccc(N(c2ccccc2)c2cc3c4c(c2)N(c2ccc(C(C)(C)C)cc2)c2c(oc5ccc(C(C)(C)C)cc25)B4c2cc4c(cc2N3c2ccc3c(c2)C(C)(C)CCC3(C)C)C(C)(C)CCC4(C)C)cc1. The summed E-state index contributed by atoms with van der Waals surface area (Å²) in [6, 6.07) is 54.5. The Balaban J connectivity index is 1.25. The van der Waals surface area contributed by atoms with Crippen molar-refractivity contribution in [2.45, 2.75) is 181 Å². The van der Waals surface area contributed by atoms with Crippen molar-refractivity contribution in [3.63, 3.8) is 0 Å². The summed E-state index contributed by atoms with van der Waals surface area (Å²) in [7, 11) is 0. The molecule has 12 rings (SSSR count). The fourth-order valence-corrected chi connectivity index (χ4v) is 13.6. The third-order valence-corrected chi connectivity index (χ3v) is 18.8. The minimum atomic E-state index is -0.193. The quantitative estimate of drug-likeness (QED) is 0.160. The monoisotopic (exact) mass is 1020 g/mol. The van der Waals surface area contributed by atoms with Crippen LogP contribution >= 0.6 is 0 Å². The molecule has 0 amide bonds. The number of hydrogen-bond donors (Lipinski definition) is 0. The van der Waals surface area contributed by atoms with Gasteiger partial charge in [-0.2, -0.15) is 0 Å². The van der Waals surface area contributed by atoms with Crippen LogP contribution in [-0.2, 0) is 37.9 Å². The van der Waals surface area contributed by atoms with Crippen LogP contribution < -0.4 is 31.3 Å². The number of hydrogen-bond acceptors (Lipinski definition) is 4. The standard InChI is InChI=1S/C72H82BN3O/c1-66(2,3)45-23-28-49(29-24-45)74(48-21-19-18-20-22-48)52-41-60-63-61(42-52)76(50-30-25-46(26-31-50)67(4,5)6)64-53-39-47(68(7,8)9)27-34-62(53)77-65(64)73(63)58-43-56-57(72(16,17)38-37-71(56,14)15)44-59(58)75(60)51-32-33-54-55(40-51)70(12,13)36-35-69(54,10)11/h18-34,39-44H,35-38H2,1-17H3. The number of nitrogens with zero attached hydrogens (tertiary/aromatic N) is 3. The van der Waals surface area contributed by atoms with Gasteiger partial charge in [-0.3, -0.25) is 0 Å². The number of furan rings is 1. The van der Waals surface area contributed by atoms with E-state index in [1.54, 1.807) is 0 Å². The Morgan fingerprint density at radius 1 is 0.429 bits per heavy atom. The summed E-state index contributed by atoms with van der Waals surface area (Å²) in [5.74, 6) is 0. The summed E-state index contributed by atoms with van der Waals surface area (Å²) in [5, 5.41) is 1.14. The van der Waals surface area contributed by atoms with Crippen molar-refractivity contribution in [2.75, 3.05) is 14.7 Å². The lowest BCUT2D eigenvalue weighted by Crippen LogP contribution is -2.61. The highest BCUT2D eigenvalue weighted by atomic mass is 16.3. The Morgan fingerprint density at radius 3 is 1.48 bits per heavy atom. The number of para-hydroxylation sites is 1. The molecule has 0 fully saturated rings. The topological polar surface area (TPSA) is 22.9 Å². The lowest BCUT2D eigenvalue weighted by molar-refractivity contribution is 0.332. The van der Waals surface area contributed by atoms with Crippen LogP contribution in [0.25, 0.3) is 11.0 Å². The first-order valence-electron chi connectivity index (χ1n) is 28.8. The fraction of sp³-hybridized carbons (Fsp3) is 0.389. The summed E-state index contributed by atoms with van der Waals surface area (Å²) in [6.07, 6.45) is 4.58. The van der Waals surface area contributed by atoms with Crippen LogP contribution in [-0.4, -0.2) is 6.71 Å². The normalized spacial score (nSPS) is 17.8. The molecule has 3 heterocycles. The van der Waals surface area contributed by atoms with E-state index in [0.717, 1.165) is 64.3 Å². The van der Waals surface area contributed by atoms with Crippen molar-refractivity contribution in [3.05, 3.63) is 178 Å². The molecule has 0 saturated carbocycles. The third kappa shape index (κ3) is 8.30. The minimum Gasteiger partial charge on any atom is -0.468 e. The highest BCUT2D eigenvalue weighted by Crippen LogP contribution is 2.55. The molecule has 7 aromatic carbocycles. The lowest BCUT2D eigenvalue weighted by atomic mass is 9.35. The second kappa shape index (κ2) is 17.0. The van der Waals surface area contributed by atoms with E-state index in [0.29, 0.717) is 0 Å². The van der Waals surface area contributed by atoms with Gasteiger partial charge in [0.25, 0.3) is 6.71 Å². The molecule has 0 N–H and O–H groups in total. The van der Waals surface area contributed by atoms with Crippen molar-refractivity contribution < 1.29 is 4.42 Å². The first kappa shape index (κ1) is 51.3.